The number of nitrogens with zero attached hydrogens (tertiary/aromatic N) is 2. The second kappa shape index (κ2) is 7.13. The van der Waals surface area contributed by atoms with Crippen molar-refractivity contribution in [1.29, 1.82) is 0 Å². The minimum Gasteiger partial charge on any atom is -0.349 e. The summed E-state index contributed by atoms with van der Waals surface area (Å²) in [6.07, 6.45) is 2.47. The Morgan fingerprint density at radius 2 is 2.14 bits per heavy atom. The fraction of sp³-hybridized carbons (Fsp3) is 0.333. The molecule has 2 N–H and O–H groups in total. The molecule has 2 amide bonds. The molecule has 0 saturated carbocycles. The van der Waals surface area contributed by atoms with Gasteiger partial charge in [0, 0.05) is 19.2 Å². The molecule has 22 heavy (non-hydrogen) atoms. The van der Waals surface area contributed by atoms with Crippen molar-refractivity contribution in [3.63, 3.8) is 0 Å². The van der Waals surface area contributed by atoms with Gasteiger partial charge in [-0.25, -0.2) is 0 Å². The molecule has 1 atom stereocenters. The van der Waals surface area contributed by atoms with E-state index in [2.05, 4.69) is 20.0 Å². The van der Waals surface area contributed by atoms with Gasteiger partial charge >= 0.3 is 0 Å². The summed E-state index contributed by atoms with van der Waals surface area (Å²) in [5.41, 5.74) is 1.54. The van der Waals surface area contributed by atoms with Crippen molar-refractivity contribution < 1.29 is 9.59 Å². The molecule has 0 aromatic carbocycles. The van der Waals surface area contributed by atoms with Gasteiger partial charge in [-0.1, -0.05) is 13.0 Å². The van der Waals surface area contributed by atoms with E-state index in [0.29, 0.717) is 22.0 Å². The molecule has 2 rings (SSSR count). The standard InChI is InChI=1S/C15H18N4O2S/c1-4-9(2)17-15(21)14-13(18-10(3)20)12(19-22-14)11-7-5-6-8-16-11/h5-9H,4H2,1-3H3,(H,17,21)(H,18,20)/t9-/m0/s1. The van der Waals surface area contributed by atoms with Crippen LogP contribution in [0.2, 0.25) is 0 Å². The molecule has 0 spiro atoms. The largest absolute Gasteiger partial charge is 0.349 e. The van der Waals surface area contributed by atoms with Gasteiger partial charge in [-0.2, -0.15) is 4.37 Å². The minimum atomic E-state index is -0.255. The van der Waals surface area contributed by atoms with Crippen molar-refractivity contribution in [3.8, 4) is 11.4 Å². The number of hydrogen-bond acceptors (Lipinski definition) is 5. The maximum Gasteiger partial charge on any atom is 0.265 e. The third-order valence-corrected chi connectivity index (χ3v) is 3.94. The van der Waals surface area contributed by atoms with Crippen molar-refractivity contribution >= 4 is 29.0 Å². The van der Waals surface area contributed by atoms with Gasteiger partial charge in [-0.05, 0) is 37.0 Å². The molecule has 0 aliphatic carbocycles. The zero-order chi connectivity index (χ0) is 16.1. The summed E-state index contributed by atoms with van der Waals surface area (Å²) in [5.74, 6) is -0.493. The highest BCUT2D eigenvalue weighted by Gasteiger charge is 2.23. The number of nitrogens with one attached hydrogen (secondary N) is 2. The summed E-state index contributed by atoms with van der Waals surface area (Å²) < 4.78 is 4.30. The Balaban J connectivity index is 2.41. The van der Waals surface area contributed by atoms with Crippen LogP contribution in [0.1, 0.15) is 36.9 Å². The Morgan fingerprint density at radius 3 is 2.73 bits per heavy atom. The predicted octanol–water partition coefficient (Wildman–Crippen LogP) is 2.69. The van der Waals surface area contributed by atoms with Gasteiger partial charge < -0.3 is 10.6 Å². The monoisotopic (exact) mass is 318 g/mol. The molecule has 116 valence electrons. The van der Waals surface area contributed by atoms with Crippen molar-refractivity contribution in [2.24, 2.45) is 0 Å². The van der Waals surface area contributed by atoms with Crippen LogP contribution in [0.25, 0.3) is 11.4 Å². The predicted molar refractivity (Wildman–Crippen MR) is 86.9 cm³/mol. The molecule has 2 aromatic rings. The molecule has 0 saturated heterocycles. The van der Waals surface area contributed by atoms with Gasteiger partial charge in [-0.15, -0.1) is 0 Å². The molecule has 0 aliphatic rings. The van der Waals surface area contributed by atoms with Crippen LogP contribution in [0.5, 0.6) is 0 Å². The van der Waals surface area contributed by atoms with Crippen LogP contribution in [0.4, 0.5) is 5.69 Å². The van der Waals surface area contributed by atoms with Crippen LogP contribution in [0.3, 0.4) is 0 Å². The molecule has 2 aromatic heterocycles. The van der Waals surface area contributed by atoms with Crippen LogP contribution in [0, 0.1) is 0 Å². The molecule has 0 bridgehead atoms. The number of anilines is 1. The summed E-state index contributed by atoms with van der Waals surface area (Å²) in [5, 5.41) is 5.58. The number of carbonyl (C=O) groups excluding carboxylic acids is 2. The SMILES string of the molecule is CC[C@H](C)NC(=O)c1snc(-c2ccccn2)c1NC(C)=O. The van der Waals surface area contributed by atoms with Crippen LogP contribution >= 0.6 is 11.5 Å². The van der Waals surface area contributed by atoms with E-state index in [4.69, 9.17) is 0 Å². The van der Waals surface area contributed by atoms with Crippen molar-refractivity contribution in [2.75, 3.05) is 5.32 Å². The van der Waals surface area contributed by atoms with E-state index in [1.54, 1.807) is 18.3 Å². The van der Waals surface area contributed by atoms with E-state index in [9.17, 15) is 9.59 Å². The quantitative estimate of drug-likeness (QED) is 0.888. The van der Waals surface area contributed by atoms with E-state index >= 15 is 0 Å². The Labute approximate surface area is 133 Å². The number of rotatable bonds is 5. The summed E-state index contributed by atoms with van der Waals surface area (Å²) in [4.78, 5) is 28.4. The third kappa shape index (κ3) is 3.67. The highest BCUT2D eigenvalue weighted by atomic mass is 32.1. The van der Waals surface area contributed by atoms with Crippen molar-refractivity contribution in [3.05, 3.63) is 29.3 Å². The molecule has 6 nitrogen and oxygen atoms in total. The molecular formula is C15H18N4O2S. The summed E-state index contributed by atoms with van der Waals surface area (Å²) >= 11 is 1.06. The number of pyridine rings is 1. The smallest absolute Gasteiger partial charge is 0.265 e. The minimum absolute atomic E-state index is 0.0538. The molecule has 0 unspecified atom stereocenters. The van der Waals surface area contributed by atoms with Gasteiger partial charge in [0.15, 0.2) is 0 Å². The number of carbonyl (C=O) groups is 2. The van der Waals surface area contributed by atoms with Gasteiger partial charge in [0.25, 0.3) is 5.91 Å². The lowest BCUT2D eigenvalue weighted by Gasteiger charge is -2.11. The maximum atomic E-state index is 12.3. The molecule has 7 heteroatoms. The zero-order valence-corrected chi connectivity index (χ0v) is 13.5. The van der Waals surface area contributed by atoms with Gasteiger partial charge in [0.2, 0.25) is 5.91 Å². The van der Waals surface area contributed by atoms with Crippen LogP contribution in [0.15, 0.2) is 24.4 Å². The second-order valence-electron chi connectivity index (χ2n) is 4.91. The first kappa shape index (κ1) is 16.1. The first-order valence-corrected chi connectivity index (χ1v) is 7.79. The van der Waals surface area contributed by atoms with E-state index in [-0.39, 0.29) is 17.9 Å². The number of aromatic nitrogens is 2. The van der Waals surface area contributed by atoms with Crippen LogP contribution in [-0.4, -0.2) is 27.2 Å². The van der Waals surface area contributed by atoms with Gasteiger partial charge in [-0.3, -0.25) is 14.6 Å². The van der Waals surface area contributed by atoms with E-state index in [0.717, 1.165) is 18.0 Å². The highest BCUT2D eigenvalue weighted by Crippen LogP contribution is 2.32. The molecule has 0 fully saturated rings. The van der Waals surface area contributed by atoms with E-state index in [1.165, 1.54) is 6.92 Å². The third-order valence-electron chi connectivity index (χ3n) is 3.10. The van der Waals surface area contributed by atoms with E-state index in [1.807, 2.05) is 19.9 Å². The fourth-order valence-corrected chi connectivity index (χ4v) is 2.55. The van der Waals surface area contributed by atoms with Gasteiger partial charge in [0.05, 0.1) is 11.4 Å². The lowest BCUT2D eigenvalue weighted by Crippen LogP contribution is -2.32. The Kier molecular flexibility index (Phi) is 5.21. The second-order valence-corrected chi connectivity index (χ2v) is 5.69. The molecule has 2 heterocycles. The first-order valence-electron chi connectivity index (χ1n) is 7.02. The van der Waals surface area contributed by atoms with E-state index < -0.39 is 0 Å². The van der Waals surface area contributed by atoms with Crippen molar-refractivity contribution in [1.82, 2.24) is 14.7 Å². The molecular weight excluding hydrogens is 300 g/mol. The normalized spacial score (nSPS) is 11.8. The highest BCUT2D eigenvalue weighted by molar-refractivity contribution is 7.09. The van der Waals surface area contributed by atoms with Crippen molar-refractivity contribution in [2.45, 2.75) is 33.2 Å². The van der Waals surface area contributed by atoms with Crippen LogP contribution < -0.4 is 10.6 Å². The maximum absolute atomic E-state index is 12.3. The first-order chi connectivity index (χ1) is 10.5. The Morgan fingerprint density at radius 1 is 1.36 bits per heavy atom. The zero-order valence-electron chi connectivity index (χ0n) is 12.7. The fourth-order valence-electron chi connectivity index (χ4n) is 1.81. The Bertz CT molecular complexity index is 669. The summed E-state index contributed by atoms with van der Waals surface area (Å²) in [6, 6.07) is 5.47. The lowest BCUT2D eigenvalue weighted by atomic mass is 10.2. The number of hydrogen-bond donors (Lipinski definition) is 2. The molecule has 0 radical (unpaired) electrons. The Hall–Kier alpha value is -2.28. The average Bonchev–Trinajstić information content (AvgIpc) is 2.90. The van der Waals surface area contributed by atoms with Crippen LogP contribution in [-0.2, 0) is 4.79 Å². The summed E-state index contributed by atoms with van der Waals surface area (Å²) in [7, 11) is 0. The average molecular weight is 318 g/mol. The topological polar surface area (TPSA) is 84.0 Å². The number of amides is 2. The van der Waals surface area contributed by atoms with Gasteiger partial charge in [0.1, 0.15) is 10.6 Å². The lowest BCUT2D eigenvalue weighted by molar-refractivity contribution is -0.114. The summed E-state index contributed by atoms with van der Waals surface area (Å²) in [6.45, 7) is 5.32. The molecule has 0 aliphatic heterocycles.